The molecule has 0 aliphatic carbocycles. The maximum Gasteiger partial charge on any atom is 0.229 e. The highest BCUT2D eigenvalue weighted by Crippen LogP contribution is 2.36. The summed E-state index contributed by atoms with van der Waals surface area (Å²) >= 11 is 3.33. The van der Waals surface area contributed by atoms with E-state index in [2.05, 4.69) is 27.8 Å². The Kier molecular flexibility index (Phi) is 4.96. The van der Waals surface area contributed by atoms with Crippen molar-refractivity contribution in [1.29, 1.82) is 5.26 Å². The van der Waals surface area contributed by atoms with Crippen LogP contribution >= 0.6 is 15.9 Å². The number of anilines is 1. The minimum atomic E-state index is -0.589. The number of allylic oxidation sites excluding steroid dienone is 1. The van der Waals surface area contributed by atoms with Gasteiger partial charge in [0.2, 0.25) is 5.91 Å². The molecule has 0 unspecified atom stereocenters. The molecule has 2 N–H and O–H groups in total. The summed E-state index contributed by atoms with van der Waals surface area (Å²) < 4.78 is 0.623. The molecule has 106 valence electrons. The molecule has 0 heterocycles. The molecule has 1 amide bonds. The monoisotopic (exact) mass is 336 g/mol. The van der Waals surface area contributed by atoms with Gasteiger partial charge >= 0.3 is 0 Å². The molecule has 0 aliphatic rings. The standard InChI is InChI=1S/C15H17BrN2O2/c1-5-6-9-11(16)7-12(10(8-17)13(9)19)18-14(20)15(2,3)4/h5,7,19H,1,6H2,2-4H3,(H,18,20). The number of carbonyl (C=O) groups excluding carboxylic acids is 1. The molecule has 1 aromatic rings. The number of nitrogens with zero attached hydrogens (tertiary/aromatic N) is 1. The van der Waals surface area contributed by atoms with E-state index in [-0.39, 0.29) is 17.2 Å². The van der Waals surface area contributed by atoms with Crippen molar-refractivity contribution in [2.45, 2.75) is 27.2 Å². The van der Waals surface area contributed by atoms with E-state index in [1.807, 2.05) is 6.07 Å². The fraction of sp³-hybridized carbons (Fsp3) is 0.333. The number of phenols is 1. The number of halogens is 1. The number of benzene rings is 1. The van der Waals surface area contributed by atoms with Crippen LogP contribution in [0.15, 0.2) is 23.2 Å². The van der Waals surface area contributed by atoms with Gasteiger partial charge in [0.1, 0.15) is 17.4 Å². The largest absolute Gasteiger partial charge is 0.506 e. The summed E-state index contributed by atoms with van der Waals surface area (Å²) in [6.45, 7) is 8.93. The van der Waals surface area contributed by atoms with Crippen LogP contribution in [0.1, 0.15) is 31.9 Å². The molecule has 5 heteroatoms. The van der Waals surface area contributed by atoms with Gasteiger partial charge in [0.25, 0.3) is 0 Å². The van der Waals surface area contributed by atoms with Gasteiger partial charge in [-0.2, -0.15) is 5.26 Å². The minimum absolute atomic E-state index is 0.0580. The number of hydrogen-bond donors (Lipinski definition) is 2. The van der Waals surface area contributed by atoms with E-state index in [0.717, 1.165) is 0 Å². The van der Waals surface area contributed by atoms with Crippen LogP contribution in [-0.2, 0) is 11.2 Å². The van der Waals surface area contributed by atoms with E-state index in [1.165, 1.54) is 0 Å². The predicted molar refractivity (Wildman–Crippen MR) is 82.5 cm³/mol. The van der Waals surface area contributed by atoms with Crippen LogP contribution in [0.3, 0.4) is 0 Å². The van der Waals surface area contributed by atoms with Crippen LogP contribution in [0.25, 0.3) is 0 Å². The third-order valence-corrected chi connectivity index (χ3v) is 3.45. The summed E-state index contributed by atoms with van der Waals surface area (Å²) in [6, 6.07) is 3.55. The number of rotatable bonds is 3. The van der Waals surface area contributed by atoms with Gasteiger partial charge in [-0.05, 0) is 12.5 Å². The normalized spacial score (nSPS) is 10.8. The molecule has 0 fully saturated rings. The van der Waals surface area contributed by atoms with Crippen LogP contribution < -0.4 is 5.32 Å². The molecule has 0 aliphatic heterocycles. The summed E-state index contributed by atoms with van der Waals surface area (Å²) in [5.74, 6) is -0.359. The number of amides is 1. The first-order valence-electron chi connectivity index (χ1n) is 6.09. The van der Waals surface area contributed by atoms with E-state index in [4.69, 9.17) is 0 Å². The summed E-state index contributed by atoms with van der Waals surface area (Å²) in [5, 5.41) is 22.0. The Morgan fingerprint density at radius 3 is 2.65 bits per heavy atom. The lowest BCUT2D eigenvalue weighted by molar-refractivity contribution is -0.123. The van der Waals surface area contributed by atoms with Crippen LogP contribution in [0.4, 0.5) is 5.69 Å². The minimum Gasteiger partial charge on any atom is -0.506 e. The van der Waals surface area contributed by atoms with E-state index in [9.17, 15) is 15.2 Å². The molecule has 0 radical (unpaired) electrons. The third kappa shape index (κ3) is 3.40. The lowest BCUT2D eigenvalue weighted by Crippen LogP contribution is -2.28. The van der Waals surface area contributed by atoms with Crippen LogP contribution in [0, 0.1) is 16.7 Å². The lowest BCUT2D eigenvalue weighted by atomic mass is 9.95. The number of aromatic hydroxyl groups is 1. The highest BCUT2D eigenvalue weighted by Gasteiger charge is 2.24. The highest BCUT2D eigenvalue weighted by molar-refractivity contribution is 9.10. The molecule has 1 rings (SSSR count). The number of nitrogens with one attached hydrogen (secondary N) is 1. The zero-order valence-corrected chi connectivity index (χ0v) is 13.3. The Balaban J connectivity index is 3.33. The molecule has 0 spiro atoms. The zero-order valence-electron chi connectivity index (χ0n) is 11.7. The first kappa shape index (κ1) is 16.3. The van der Waals surface area contributed by atoms with Crippen molar-refractivity contribution in [3.05, 3.63) is 34.3 Å². The van der Waals surface area contributed by atoms with Gasteiger partial charge < -0.3 is 10.4 Å². The van der Waals surface area contributed by atoms with Crippen LogP contribution in [-0.4, -0.2) is 11.0 Å². The molecule has 1 aromatic carbocycles. The van der Waals surface area contributed by atoms with Crippen molar-refractivity contribution < 1.29 is 9.90 Å². The lowest BCUT2D eigenvalue weighted by Gasteiger charge is -2.19. The van der Waals surface area contributed by atoms with E-state index >= 15 is 0 Å². The first-order valence-corrected chi connectivity index (χ1v) is 6.88. The molecule has 0 saturated heterocycles. The van der Waals surface area contributed by atoms with Gasteiger partial charge in [0.05, 0.1) is 5.69 Å². The average Bonchev–Trinajstić information content (AvgIpc) is 2.33. The van der Waals surface area contributed by atoms with E-state index < -0.39 is 5.41 Å². The number of carbonyl (C=O) groups is 1. The number of nitriles is 1. The third-order valence-electron chi connectivity index (χ3n) is 2.74. The van der Waals surface area contributed by atoms with Crippen molar-refractivity contribution in [3.63, 3.8) is 0 Å². The van der Waals surface area contributed by atoms with Crippen molar-refractivity contribution in [1.82, 2.24) is 0 Å². The topological polar surface area (TPSA) is 73.1 Å². The molecular weight excluding hydrogens is 320 g/mol. The van der Waals surface area contributed by atoms with Crippen LogP contribution in [0.5, 0.6) is 5.75 Å². The smallest absolute Gasteiger partial charge is 0.229 e. The van der Waals surface area contributed by atoms with E-state index in [0.29, 0.717) is 22.1 Å². The average molecular weight is 337 g/mol. The molecule has 0 atom stereocenters. The Morgan fingerprint density at radius 1 is 1.60 bits per heavy atom. The zero-order chi connectivity index (χ0) is 15.5. The summed E-state index contributed by atoms with van der Waals surface area (Å²) in [6.07, 6.45) is 2.06. The van der Waals surface area contributed by atoms with Crippen molar-refractivity contribution >= 4 is 27.5 Å². The molecule has 0 bridgehead atoms. The molecule has 0 saturated carbocycles. The molecule has 0 aromatic heterocycles. The Bertz CT molecular complexity index is 595. The van der Waals surface area contributed by atoms with Gasteiger partial charge in [-0.1, -0.05) is 42.8 Å². The maximum atomic E-state index is 12.0. The Hall–Kier alpha value is -1.80. The SMILES string of the molecule is C=CCc1c(Br)cc(NC(=O)C(C)(C)C)c(C#N)c1O. The summed E-state index contributed by atoms with van der Waals surface area (Å²) in [7, 11) is 0. The van der Waals surface area contributed by atoms with Crippen molar-refractivity contribution in [2.75, 3.05) is 5.32 Å². The van der Waals surface area contributed by atoms with Crippen LogP contribution in [0.2, 0.25) is 0 Å². The second-order valence-corrected chi connectivity index (χ2v) is 6.27. The molecule has 20 heavy (non-hydrogen) atoms. The van der Waals surface area contributed by atoms with Gasteiger partial charge in [0, 0.05) is 15.5 Å². The van der Waals surface area contributed by atoms with Gasteiger partial charge in [-0.15, -0.1) is 6.58 Å². The number of phenolic OH excluding ortho intramolecular Hbond substituents is 1. The van der Waals surface area contributed by atoms with Crippen molar-refractivity contribution in [2.24, 2.45) is 5.41 Å². The number of hydrogen-bond acceptors (Lipinski definition) is 3. The van der Waals surface area contributed by atoms with Crippen molar-refractivity contribution in [3.8, 4) is 11.8 Å². The predicted octanol–water partition coefficient (Wildman–Crippen LogP) is 3.74. The maximum absolute atomic E-state index is 12.0. The second kappa shape index (κ2) is 6.10. The second-order valence-electron chi connectivity index (χ2n) is 5.42. The van der Waals surface area contributed by atoms with Gasteiger partial charge in [-0.3, -0.25) is 4.79 Å². The Labute approximate surface area is 127 Å². The van der Waals surface area contributed by atoms with E-state index in [1.54, 1.807) is 32.9 Å². The fourth-order valence-electron chi connectivity index (χ4n) is 1.54. The van der Waals surface area contributed by atoms with Gasteiger partial charge in [-0.25, -0.2) is 0 Å². The quantitative estimate of drug-likeness (QED) is 0.825. The molecular formula is C15H17BrN2O2. The van der Waals surface area contributed by atoms with Gasteiger partial charge in [0.15, 0.2) is 0 Å². The summed E-state index contributed by atoms with van der Waals surface area (Å²) in [4.78, 5) is 12.0. The summed E-state index contributed by atoms with van der Waals surface area (Å²) in [5.41, 5.74) is 0.340. The Morgan fingerprint density at radius 2 is 2.20 bits per heavy atom. The first-order chi connectivity index (χ1) is 9.22. The molecule has 4 nitrogen and oxygen atoms in total. The highest BCUT2D eigenvalue weighted by atomic mass is 79.9. The fourth-order valence-corrected chi connectivity index (χ4v) is 2.12.